The zero-order valence-corrected chi connectivity index (χ0v) is 10.4. The van der Waals surface area contributed by atoms with Crippen molar-refractivity contribution in [3.8, 4) is 17.6 Å². The highest BCUT2D eigenvalue weighted by atomic mass is 16.5. The minimum atomic E-state index is -0.294. The number of hydrogen-bond acceptors (Lipinski definition) is 4. The maximum Gasteiger partial charge on any atom is 0.130 e. The van der Waals surface area contributed by atoms with Gasteiger partial charge < -0.3 is 9.47 Å². The van der Waals surface area contributed by atoms with Gasteiger partial charge in [0.15, 0.2) is 0 Å². The van der Waals surface area contributed by atoms with Crippen molar-refractivity contribution in [1.82, 2.24) is 5.32 Å². The van der Waals surface area contributed by atoms with Crippen LogP contribution < -0.4 is 14.8 Å². The second kappa shape index (κ2) is 6.77. The van der Waals surface area contributed by atoms with Gasteiger partial charge in [-0.3, -0.25) is 5.32 Å². The molecule has 1 atom stereocenters. The van der Waals surface area contributed by atoms with Crippen LogP contribution in [0.2, 0.25) is 0 Å². The lowest BCUT2D eigenvalue weighted by Crippen LogP contribution is -2.37. The van der Waals surface area contributed by atoms with Crippen LogP contribution in [-0.4, -0.2) is 25.8 Å². The van der Waals surface area contributed by atoms with Crippen molar-refractivity contribution < 1.29 is 9.47 Å². The quantitative estimate of drug-likeness (QED) is 0.817. The zero-order valence-electron chi connectivity index (χ0n) is 10.4. The predicted octanol–water partition coefficient (Wildman–Crippen LogP) is 1.96. The second-order valence-corrected chi connectivity index (χ2v) is 3.99. The van der Waals surface area contributed by atoms with E-state index in [1.165, 1.54) is 0 Å². The highest BCUT2D eigenvalue weighted by molar-refractivity contribution is 5.31. The summed E-state index contributed by atoms with van der Waals surface area (Å²) in [6.45, 7) is 4.33. The van der Waals surface area contributed by atoms with Crippen LogP contribution in [-0.2, 0) is 0 Å². The van der Waals surface area contributed by atoms with Crippen molar-refractivity contribution in [2.75, 3.05) is 13.7 Å². The van der Waals surface area contributed by atoms with Crippen LogP contribution in [0.3, 0.4) is 0 Å². The van der Waals surface area contributed by atoms with Gasteiger partial charge >= 0.3 is 0 Å². The lowest BCUT2D eigenvalue weighted by molar-refractivity contribution is 0.282. The van der Waals surface area contributed by atoms with Crippen molar-refractivity contribution in [2.24, 2.45) is 0 Å². The van der Waals surface area contributed by atoms with E-state index < -0.39 is 0 Å². The van der Waals surface area contributed by atoms with E-state index in [0.29, 0.717) is 6.61 Å². The molecule has 0 aromatic heterocycles. The summed E-state index contributed by atoms with van der Waals surface area (Å²) < 4.78 is 10.6. The van der Waals surface area contributed by atoms with Gasteiger partial charge in [-0.1, -0.05) is 0 Å². The van der Waals surface area contributed by atoms with Gasteiger partial charge in [-0.15, -0.1) is 0 Å². The SMILES string of the molecule is COc1ccc(OCC(C#N)NC(C)C)cc1. The van der Waals surface area contributed by atoms with E-state index in [2.05, 4.69) is 11.4 Å². The highest BCUT2D eigenvalue weighted by Gasteiger charge is 2.09. The molecule has 0 spiro atoms. The molecule has 0 fully saturated rings. The summed E-state index contributed by atoms with van der Waals surface area (Å²) in [5.74, 6) is 1.52. The van der Waals surface area contributed by atoms with E-state index >= 15 is 0 Å². The summed E-state index contributed by atoms with van der Waals surface area (Å²) in [5.41, 5.74) is 0. The first kappa shape index (κ1) is 13.3. The van der Waals surface area contributed by atoms with Gasteiger partial charge in [0.1, 0.15) is 24.1 Å². The lowest BCUT2D eigenvalue weighted by atomic mass is 10.3. The molecule has 0 saturated heterocycles. The molecule has 0 heterocycles. The van der Waals surface area contributed by atoms with Gasteiger partial charge in [-0.05, 0) is 38.1 Å². The Kier molecular flexibility index (Phi) is 5.31. The van der Waals surface area contributed by atoms with E-state index in [0.717, 1.165) is 11.5 Å². The molecule has 1 N–H and O–H groups in total. The summed E-state index contributed by atoms with van der Waals surface area (Å²) in [5, 5.41) is 12.0. The smallest absolute Gasteiger partial charge is 0.130 e. The maximum atomic E-state index is 8.92. The Morgan fingerprint density at radius 2 is 1.82 bits per heavy atom. The van der Waals surface area contributed by atoms with Gasteiger partial charge in [-0.2, -0.15) is 5.26 Å². The molecule has 0 bridgehead atoms. The molecule has 1 unspecified atom stereocenters. The second-order valence-electron chi connectivity index (χ2n) is 3.99. The molecule has 0 radical (unpaired) electrons. The summed E-state index contributed by atoms with van der Waals surface area (Å²) in [6, 6.07) is 9.43. The first-order chi connectivity index (χ1) is 8.15. The molecule has 1 rings (SSSR count). The summed E-state index contributed by atoms with van der Waals surface area (Å²) in [6.07, 6.45) is 0. The molecule has 0 aliphatic rings. The van der Waals surface area contributed by atoms with Crippen molar-refractivity contribution in [2.45, 2.75) is 25.9 Å². The number of ether oxygens (including phenoxy) is 2. The van der Waals surface area contributed by atoms with Crippen molar-refractivity contribution in [3.63, 3.8) is 0 Å². The minimum Gasteiger partial charge on any atom is -0.497 e. The summed E-state index contributed by atoms with van der Waals surface area (Å²) in [4.78, 5) is 0. The van der Waals surface area contributed by atoms with E-state index in [-0.39, 0.29) is 12.1 Å². The third-order valence-corrected chi connectivity index (χ3v) is 2.17. The van der Waals surface area contributed by atoms with Crippen LogP contribution in [0.25, 0.3) is 0 Å². The number of nitriles is 1. The molecule has 4 heteroatoms. The van der Waals surface area contributed by atoms with Crippen molar-refractivity contribution >= 4 is 0 Å². The normalized spacial score (nSPS) is 11.9. The fourth-order valence-electron chi connectivity index (χ4n) is 1.38. The molecule has 92 valence electrons. The van der Waals surface area contributed by atoms with Gasteiger partial charge in [-0.25, -0.2) is 0 Å². The van der Waals surface area contributed by atoms with Crippen LogP contribution >= 0.6 is 0 Å². The van der Waals surface area contributed by atoms with Crippen LogP contribution in [0.15, 0.2) is 24.3 Å². The average molecular weight is 234 g/mol. The molecular formula is C13H18N2O2. The minimum absolute atomic E-state index is 0.263. The molecule has 4 nitrogen and oxygen atoms in total. The fraction of sp³-hybridized carbons (Fsp3) is 0.462. The standard InChI is InChI=1S/C13H18N2O2/c1-10(2)15-11(8-14)9-17-13-6-4-12(16-3)5-7-13/h4-7,10-11,15H,9H2,1-3H3. The topological polar surface area (TPSA) is 54.3 Å². The molecule has 17 heavy (non-hydrogen) atoms. The first-order valence-corrected chi connectivity index (χ1v) is 5.58. The third-order valence-electron chi connectivity index (χ3n) is 2.17. The highest BCUT2D eigenvalue weighted by Crippen LogP contribution is 2.16. The van der Waals surface area contributed by atoms with Gasteiger partial charge in [0, 0.05) is 6.04 Å². The largest absolute Gasteiger partial charge is 0.497 e. The number of methoxy groups -OCH3 is 1. The van der Waals surface area contributed by atoms with Crippen LogP contribution in [0.1, 0.15) is 13.8 Å². The molecule has 0 aliphatic heterocycles. The van der Waals surface area contributed by atoms with Gasteiger partial charge in [0.2, 0.25) is 0 Å². The van der Waals surface area contributed by atoms with Crippen LogP contribution in [0.4, 0.5) is 0 Å². The van der Waals surface area contributed by atoms with E-state index in [9.17, 15) is 0 Å². The van der Waals surface area contributed by atoms with Gasteiger partial charge in [0.25, 0.3) is 0 Å². The fourth-order valence-corrected chi connectivity index (χ4v) is 1.38. The average Bonchev–Trinajstić information content (AvgIpc) is 2.34. The number of hydrogen-bond donors (Lipinski definition) is 1. The predicted molar refractivity (Wildman–Crippen MR) is 66.2 cm³/mol. The number of benzene rings is 1. The third kappa shape index (κ3) is 4.75. The van der Waals surface area contributed by atoms with Gasteiger partial charge in [0.05, 0.1) is 13.2 Å². The summed E-state index contributed by atoms with van der Waals surface area (Å²) >= 11 is 0. The Labute approximate surface area is 102 Å². The zero-order chi connectivity index (χ0) is 12.7. The number of nitrogens with one attached hydrogen (secondary N) is 1. The Morgan fingerprint density at radius 1 is 1.24 bits per heavy atom. The Morgan fingerprint density at radius 3 is 2.29 bits per heavy atom. The van der Waals surface area contributed by atoms with E-state index in [4.69, 9.17) is 14.7 Å². The van der Waals surface area contributed by atoms with Crippen LogP contribution in [0.5, 0.6) is 11.5 Å². The Bertz CT molecular complexity index is 368. The molecule has 1 aromatic rings. The molecule has 0 saturated carbocycles. The van der Waals surface area contributed by atoms with Crippen LogP contribution in [0, 0.1) is 11.3 Å². The molecule has 1 aromatic carbocycles. The van der Waals surface area contributed by atoms with E-state index in [1.807, 2.05) is 38.1 Å². The molecule has 0 amide bonds. The van der Waals surface area contributed by atoms with Crippen molar-refractivity contribution in [1.29, 1.82) is 5.26 Å². The van der Waals surface area contributed by atoms with Crippen molar-refractivity contribution in [3.05, 3.63) is 24.3 Å². The number of rotatable bonds is 6. The molecule has 0 aliphatic carbocycles. The maximum absolute atomic E-state index is 8.92. The molecular weight excluding hydrogens is 216 g/mol. The first-order valence-electron chi connectivity index (χ1n) is 5.58. The Balaban J connectivity index is 2.45. The summed E-state index contributed by atoms with van der Waals surface area (Å²) in [7, 11) is 1.62. The lowest BCUT2D eigenvalue weighted by Gasteiger charge is -2.15. The monoisotopic (exact) mass is 234 g/mol. The number of nitrogens with zero attached hydrogens (tertiary/aromatic N) is 1. The Hall–Kier alpha value is -1.73. The van der Waals surface area contributed by atoms with E-state index in [1.54, 1.807) is 7.11 Å².